The normalized spacial score (nSPS) is 10.2. The quantitative estimate of drug-likeness (QED) is 0.518. The van der Waals surface area contributed by atoms with E-state index in [0.29, 0.717) is 16.9 Å². The molecule has 1 N–H and O–H groups in total. The first-order valence-corrected chi connectivity index (χ1v) is 8.77. The monoisotopic (exact) mass is 382 g/mol. The minimum Gasteiger partial charge on any atom is -0.483 e. The van der Waals surface area contributed by atoms with Crippen molar-refractivity contribution >= 4 is 28.8 Å². The van der Waals surface area contributed by atoms with Crippen LogP contribution in [0.25, 0.3) is 10.4 Å². The van der Waals surface area contributed by atoms with E-state index in [1.807, 2.05) is 11.4 Å². The summed E-state index contributed by atoms with van der Waals surface area (Å²) >= 11 is 1.40. The third-order valence-corrected chi connectivity index (χ3v) is 4.51. The lowest BCUT2D eigenvalue weighted by Crippen LogP contribution is -2.34. The highest BCUT2D eigenvalue weighted by Gasteiger charge is 2.16. The van der Waals surface area contributed by atoms with Crippen LogP contribution >= 0.6 is 11.3 Å². The summed E-state index contributed by atoms with van der Waals surface area (Å²) in [6, 6.07) is 16.1. The molecular weight excluding hydrogens is 368 g/mol. The highest BCUT2D eigenvalue weighted by molar-refractivity contribution is 7.13. The van der Waals surface area contributed by atoms with E-state index in [1.54, 1.807) is 36.4 Å². The van der Waals surface area contributed by atoms with Gasteiger partial charge in [0.1, 0.15) is 5.75 Å². The number of hydrogen-bond donors (Lipinski definition) is 1. The maximum absolute atomic E-state index is 12.0. The summed E-state index contributed by atoms with van der Waals surface area (Å²) in [4.78, 5) is 35.3. The second kappa shape index (κ2) is 8.24. The van der Waals surface area contributed by atoms with Gasteiger partial charge in [-0.2, -0.15) is 0 Å². The number of nitro groups is 1. The molecule has 7 nitrogen and oxygen atoms in total. The summed E-state index contributed by atoms with van der Waals surface area (Å²) in [5, 5.41) is 15.1. The number of amides is 2. The molecule has 0 unspecified atom stereocenters. The van der Waals surface area contributed by atoms with Crippen LogP contribution in [0.3, 0.4) is 0 Å². The fraction of sp³-hybridized carbons (Fsp3) is 0.0526. The Hall–Kier alpha value is -3.52. The summed E-state index contributed by atoms with van der Waals surface area (Å²) in [5.74, 6) is -0.809. The Labute approximate surface area is 158 Å². The number of thiophene rings is 1. The zero-order chi connectivity index (χ0) is 19.2. The molecule has 0 saturated heterocycles. The number of rotatable bonds is 6. The molecule has 0 saturated carbocycles. The van der Waals surface area contributed by atoms with Crippen LogP contribution in [0.5, 0.6) is 5.75 Å². The standard InChI is InChI=1S/C19H14N2O5S/c22-18(20-19(23)13-5-2-1-3-6-13)12-26-16-9-8-14(21(24)25)11-15(16)17-7-4-10-27-17/h1-11H,12H2,(H,20,22,23). The molecule has 0 atom stereocenters. The first-order chi connectivity index (χ1) is 13.0. The van der Waals surface area contributed by atoms with Crippen LogP contribution < -0.4 is 10.1 Å². The molecule has 1 heterocycles. The summed E-state index contributed by atoms with van der Waals surface area (Å²) < 4.78 is 5.51. The van der Waals surface area contributed by atoms with Gasteiger partial charge in [0.05, 0.1) is 4.92 Å². The first-order valence-electron chi connectivity index (χ1n) is 7.89. The van der Waals surface area contributed by atoms with Gasteiger partial charge in [0.15, 0.2) is 6.61 Å². The molecule has 0 radical (unpaired) electrons. The molecule has 0 fully saturated rings. The molecule has 1 aromatic heterocycles. The SMILES string of the molecule is O=C(COc1ccc([N+](=O)[O-])cc1-c1cccs1)NC(=O)c1ccccc1. The maximum Gasteiger partial charge on any atom is 0.270 e. The van der Waals surface area contributed by atoms with Crippen LogP contribution in [-0.4, -0.2) is 23.3 Å². The van der Waals surface area contributed by atoms with Gasteiger partial charge in [-0.1, -0.05) is 24.3 Å². The molecule has 0 aliphatic heterocycles. The van der Waals surface area contributed by atoms with Crippen LogP contribution in [0.15, 0.2) is 66.0 Å². The summed E-state index contributed by atoms with van der Waals surface area (Å²) in [7, 11) is 0. The zero-order valence-corrected chi connectivity index (χ0v) is 14.8. The molecule has 0 bridgehead atoms. The number of hydrogen-bond acceptors (Lipinski definition) is 6. The fourth-order valence-electron chi connectivity index (χ4n) is 2.35. The first kappa shape index (κ1) is 18.3. The number of non-ortho nitro benzene ring substituents is 1. The topological polar surface area (TPSA) is 98.5 Å². The molecule has 136 valence electrons. The molecule has 0 aliphatic carbocycles. The van der Waals surface area contributed by atoms with Crippen molar-refractivity contribution in [3.8, 4) is 16.2 Å². The maximum atomic E-state index is 12.0. The number of nitrogens with zero attached hydrogens (tertiary/aromatic N) is 1. The molecule has 3 aromatic rings. The van der Waals surface area contributed by atoms with Crippen LogP contribution in [-0.2, 0) is 4.79 Å². The minimum absolute atomic E-state index is 0.0746. The van der Waals surface area contributed by atoms with Gasteiger partial charge in [-0.25, -0.2) is 0 Å². The molecule has 8 heteroatoms. The van der Waals surface area contributed by atoms with E-state index in [0.717, 1.165) is 4.88 Å². The van der Waals surface area contributed by atoms with E-state index in [2.05, 4.69) is 5.32 Å². The van der Waals surface area contributed by atoms with E-state index < -0.39 is 23.3 Å². The van der Waals surface area contributed by atoms with E-state index in [4.69, 9.17) is 4.74 Å². The van der Waals surface area contributed by atoms with Crippen molar-refractivity contribution < 1.29 is 19.2 Å². The average Bonchev–Trinajstić information content (AvgIpc) is 3.21. The smallest absolute Gasteiger partial charge is 0.270 e. The predicted molar refractivity (Wildman–Crippen MR) is 101 cm³/mol. The molecule has 0 spiro atoms. The van der Waals surface area contributed by atoms with Crippen molar-refractivity contribution in [1.82, 2.24) is 5.32 Å². The minimum atomic E-state index is -0.612. The molecular formula is C19H14N2O5S. The Balaban J connectivity index is 1.71. The van der Waals surface area contributed by atoms with Crippen molar-refractivity contribution in [3.63, 3.8) is 0 Å². The average molecular weight is 382 g/mol. The number of imide groups is 1. The zero-order valence-electron chi connectivity index (χ0n) is 14.0. The van der Waals surface area contributed by atoms with Crippen molar-refractivity contribution in [1.29, 1.82) is 0 Å². The summed E-state index contributed by atoms with van der Waals surface area (Å²) in [6.45, 7) is -0.394. The predicted octanol–water partition coefficient (Wildman–Crippen LogP) is 3.66. The van der Waals surface area contributed by atoms with Gasteiger partial charge in [-0.15, -0.1) is 11.3 Å². The largest absolute Gasteiger partial charge is 0.483 e. The Morgan fingerprint density at radius 3 is 2.52 bits per heavy atom. The van der Waals surface area contributed by atoms with Gasteiger partial charge in [0.2, 0.25) is 0 Å². The van der Waals surface area contributed by atoms with Crippen molar-refractivity contribution in [2.75, 3.05) is 6.61 Å². The van der Waals surface area contributed by atoms with Crippen molar-refractivity contribution in [3.05, 3.63) is 81.7 Å². The molecule has 3 rings (SSSR count). The third-order valence-electron chi connectivity index (χ3n) is 3.61. The van der Waals surface area contributed by atoms with Crippen molar-refractivity contribution in [2.24, 2.45) is 0 Å². The van der Waals surface area contributed by atoms with Gasteiger partial charge in [-0.3, -0.25) is 25.0 Å². The summed E-state index contributed by atoms with van der Waals surface area (Å²) in [6.07, 6.45) is 0. The number of carbonyl (C=O) groups excluding carboxylic acids is 2. The van der Waals surface area contributed by atoms with Gasteiger partial charge >= 0.3 is 0 Å². The van der Waals surface area contributed by atoms with Gasteiger partial charge in [-0.05, 0) is 29.6 Å². The van der Waals surface area contributed by atoms with Gasteiger partial charge < -0.3 is 4.74 Å². The van der Waals surface area contributed by atoms with Crippen LogP contribution in [0.2, 0.25) is 0 Å². The summed E-state index contributed by atoms with van der Waals surface area (Å²) in [5.41, 5.74) is 0.802. The molecule has 0 aliphatic rings. The number of benzene rings is 2. The van der Waals surface area contributed by atoms with Crippen LogP contribution in [0.1, 0.15) is 10.4 Å². The van der Waals surface area contributed by atoms with Crippen LogP contribution in [0.4, 0.5) is 5.69 Å². The number of nitrogens with one attached hydrogen (secondary N) is 1. The van der Waals surface area contributed by atoms with E-state index in [9.17, 15) is 19.7 Å². The number of nitro benzene ring substituents is 1. The van der Waals surface area contributed by atoms with E-state index >= 15 is 0 Å². The molecule has 2 amide bonds. The van der Waals surface area contributed by atoms with Crippen molar-refractivity contribution in [2.45, 2.75) is 0 Å². The van der Waals surface area contributed by atoms with Gasteiger partial charge in [0.25, 0.3) is 17.5 Å². The molecule has 27 heavy (non-hydrogen) atoms. The Morgan fingerprint density at radius 1 is 1.07 bits per heavy atom. The van der Waals surface area contributed by atoms with E-state index in [1.165, 1.54) is 29.5 Å². The highest BCUT2D eigenvalue weighted by atomic mass is 32.1. The number of ether oxygens (including phenoxy) is 1. The Morgan fingerprint density at radius 2 is 1.85 bits per heavy atom. The fourth-order valence-corrected chi connectivity index (χ4v) is 3.10. The molecule has 2 aromatic carbocycles. The second-order valence-corrected chi connectivity index (χ2v) is 6.39. The third kappa shape index (κ3) is 4.56. The number of carbonyl (C=O) groups is 2. The lowest BCUT2D eigenvalue weighted by Gasteiger charge is -2.10. The van der Waals surface area contributed by atoms with Gasteiger partial charge in [0, 0.05) is 28.1 Å². The lowest BCUT2D eigenvalue weighted by atomic mass is 10.1. The highest BCUT2D eigenvalue weighted by Crippen LogP contribution is 2.36. The van der Waals surface area contributed by atoms with E-state index in [-0.39, 0.29) is 5.69 Å². The second-order valence-electron chi connectivity index (χ2n) is 5.45. The Kier molecular flexibility index (Phi) is 5.58. The lowest BCUT2D eigenvalue weighted by molar-refractivity contribution is -0.384. The Bertz CT molecular complexity index is 971. The van der Waals surface area contributed by atoms with Crippen LogP contribution in [0, 0.1) is 10.1 Å².